The van der Waals surface area contributed by atoms with Crippen LogP contribution >= 0.6 is 23.1 Å². The molecule has 2 heterocycles. The third kappa shape index (κ3) is 4.47. The molecule has 2 aromatic carbocycles. The number of hydrogen-bond acceptors (Lipinski definition) is 10. The molecule has 9 nitrogen and oxygen atoms in total. The summed E-state index contributed by atoms with van der Waals surface area (Å²) in [5, 5.41) is 27.2. The summed E-state index contributed by atoms with van der Waals surface area (Å²) >= 11 is 2.86. The van der Waals surface area contributed by atoms with Gasteiger partial charge in [0, 0.05) is 23.4 Å². The van der Waals surface area contributed by atoms with Gasteiger partial charge < -0.3 is 9.84 Å². The SMILES string of the molecule is Cc1cccc(Nc2nnc(SCc3nc(-c4cccc([N+](=O)[O-])c4)no3)s2)c1C. The van der Waals surface area contributed by atoms with Crippen molar-refractivity contribution in [3.05, 3.63) is 69.6 Å². The van der Waals surface area contributed by atoms with Crippen molar-refractivity contribution in [2.24, 2.45) is 0 Å². The number of nitrogens with one attached hydrogen (secondary N) is 1. The van der Waals surface area contributed by atoms with Gasteiger partial charge in [-0.15, -0.1) is 10.2 Å². The van der Waals surface area contributed by atoms with Crippen molar-refractivity contribution in [1.29, 1.82) is 0 Å². The number of rotatable bonds is 7. The Labute approximate surface area is 179 Å². The summed E-state index contributed by atoms with van der Waals surface area (Å²) in [4.78, 5) is 14.8. The van der Waals surface area contributed by atoms with E-state index < -0.39 is 4.92 Å². The largest absolute Gasteiger partial charge is 0.338 e. The zero-order chi connectivity index (χ0) is 21.1. The molecule has 0 radical (unpaired) electrons. The van der Waals surface area contributed by atoms with Gasteiger partial charge in [-0.25, -0.2) is 0 Å². The minimum Gasteiger partial charge on any atom is -0.338 e. The number of nitro groups is 1. The number of thioether (sulfide) groups is 1. The predicted molar refractivity (Wildman–Crippen MR) is 115 cm³/mol. The van der Waals surface area contributed by atoms with Gasteiger partial charge in [0.15, 0.2) is 4.34 Å². The van der Waals surface area contributed by atoms with Crippen LogP contribution in [0.5, 0.6) is 0 Å². The fourth-order valence-corrected chi connectivity index (χ4v) is 4.23. The number of non-ortho nitro benzene ring substituents is 1. The van der Waals surface area contributed by atoms with Gasteiger partial charge in [-0.05, 0) is 31.0 Å². The second-order valence-corrected chi connectivity index (χ2v) is 8.55. The highest BCUT2D eigenvalue weighted by Gasteiger charge is 2.14. The first-order valence-corrected chi connectivity index (χ1v) is 10.7. The monoisotopic (exact) mass is 440 g/mol. The molecule has 0 saturated heterocycles. The summed E-state index contributed by atoms with van der Waals surface area (Å²) in [5.74, 6) is 1.13. The molecule has 0 aliphatic carbocycles. The van der Waals surface area contributed by atoms with Crippen molar-refractivity contribution in [3.63, 3.8) is 0 Å². The van der Waals surface area contributed by atoms with E-state index in [2.05, 4.69) is 45.6 Å². The Balaban J connectivity index is 1.40. The molecule has 0 aliphatic heterocycles. The van der Waals surface area contributed by atoms with Crippen LogP contribution in [0.1, 0.15) is 17.0 Å². The molecule has 30 heavy (non-hydrogen) atoms. The summed E-state index contributed by atoms with van der Waals surface area (Å²) in [5.41, 5.74) is 3.88. The standard InChI is InChI=1S/C19H16N6O3S2/c1-11-5-3-8-15(12(11)2)20-18-22-23-19(30-18)29-10-16-21-17(24-28-16)13-6-4-7-14(9-13)25(26)27/h3-9H,10H2,1-2H3,(H,20,22). The van der Waals surface area contributed by atoms with E-state index in [1.807, 2.05) is 12.1 Å². The van der Waals surface area contributed by atoms with Gasteiger partial charge in [-0.1, -0.05) is 52.5 Å². The first kappa shape index (κ1) is 20.0. The number of hydrogen-bond donors (Lipinski definition) is 1. The Morgan fingerprint density at radius 3 is 2.87 bits per heavy atom. The van der Waals surface area contributed by atoms with Crippen LogP contribution in [-0.4, -0.2) is 25.3 Å². The maximum atomic E-state index is 10.9. The molecular weight excluding hydrogens is 424 g/mol. The van der Waals surface area contributed by atoms with Gasteiger partial charge >= 0.3 is 0 Å². The Hall–Kier alpha value is -3.31. The lowest BCUT2D eigenvalue weighted by atomic mass is 10.1. The van der Waals surface area contributed by atoms with E-state index in [0.29, 0.717) is 28.2 Å². The van der Waals surface area contributed by atoms with E-state index in [0.717, 1.165) is 10.0 Å². The molecule has 152 valence electrons. The fraction of sp³-hybridized carbons (Fsp3) is 0.158. The second kappa shape index (κ2) is 8.59. The number of aryl methyl sites for hydroxylation is 1. The summed E-state index contributed by atoms with van der Waals surface area (Å²) in [6.45, 7) is 4.12. The summed E-state index contributed by atoms with van der Waals surface area (Å²) in [7, 11) is 0. The third-order valence-electron chi connectivity index (χ3n) is 4.36. The predicted octanol–water partition coefficient (Wildman–Crippen LogP) is 5.15. The van der Waals surface area contributed by atoms with E-state index in [9.17, 15) is 10.1 Å². The van der Waals surface area contributed by atoms with Crippen LogP contribution in [0.3, 0.4) is 0 Å². The van der Waals surface area contributed by atoms with E-state index in [-0.39, 0.29) is 5.69 Å². The van der Waals surface area contributed by atoms with Gasteiger partial charge in [0.05, 0.1) is 10.7 Å². The number of nitro benzene ring substituents is 1. The van der Waals surface area contributed by atoms with Gasteiger partial charge in [0.1, 0.15) is 0 Å². The average Bonchev–Trinajstić information content (AvgIpc) is 3.39. The first-order chi connectivity index (χ1) is 14.5. The Morgan fingerprint density at radius 2 is 2.03 bits per heavy atom. The molecule has 0 saturated carbocycles. The fourth-order valence-electron chi connectivity index (χ4n) is 2.63. The van der Waals surface area contributed by atoms with Crippen LogP contribution in [0.25, 0.3) is 11.4 Å². The second-order valence-electron chi connectivity index (χ2n) is 6.35. The minimum atomic E-state index is -0.459. The lowest BCUT2D eigenvalue weighted by molar-refractivity contribution is -0.384. The molecule has 4 rings (SSSR count). The number of benzene rings is 2. The maximum absolute atomic E-state index is 10.9. The number of aromatic nitrogens is 4. The van der Waals surface area contributed by atoms with Crippen molar-refractivity contribution in [2.75, 3.05) is 5.32 Å². The molecule has 0 unspecified atom stereocenters. The van der Waals surface area contributed by atoms with Gasteiger partial charge in [-0.2, -0.15) is 4.98 Å². The zero-order valence-corrected chi connectivity index (χ0v) is 17.7. The first-order valence-electron chi connectivity index (χ1n) is 8.86. The molecular formula is C19H16N6O3S2. The number of nitrogens with zero attached hydrogens (tertiary/aromatic N) is 5. The van der Waals surface area contributed by atoms with Crippen LogP contribution in [0.4, 0.5) is 16.5 Å². The normalized spacial score (nSPS) is 10.9. The van der Waals surface area contributed by atoms with Crippen LogP contribution in [0.2, 0.25) is 0 Å². The molecule has 0 spiro atoms. The van der Waals surface area contributed by atoms with Gasteiger partial charge in [0.25, 0.3) is 5.69 Å². The van der Waals surface area contributed by atoms with Crippen molar-refractivity contribution >= 4 is 39.6 Å². The minimum absolute atomic E-state index is 0.0223. The highest BCUT2D eigenvalue weighted by Crippen LogP contribution is 2.31. The van der Waals surface area contributed by atoms with Crippen LogP contribution in [-0.2, 0) is 5.75 Å². The Kier molecular flexibility index (Phi) is 5.72. The molecule has 0 bridgehead atoms. The molecule has 11 heteroatoms. The summed E-state index contributed by atoms with van der Waals surface area (Å²) in [6.07, 6.45) is 0. The topological polar surface area (TPSA) is 120 Å². The van der Waals surface area contributed by atoms with E-state index in [1.54, 1.807) is 12.1 Å². The van der Waals surface area contributed by atoms with E-state index in [4.69, 9.17) is 4.52 Å². The van der Waals surface area contributed by atoms with Crippen molar-refractivity contribution in [2.45, 2.75) is 23.9 Å². The molecule has 0 aliphatic rings. The number of anilines is 2. The molecule has 0 atom stereocenters. The molecule has 0 fully saturated rings. The van der Waals surface area contributed by atoms with Crippen LogP contribution in [0, 0.1) is 24.0 Å². The lowest BCUT2D eigenvalue weighted by Crippen LogP contribution is -1.94. The van der Waals surface area contributed by atoms with E-state index >= 15 is 0 Å². The molecule has 2 aromatic heterocycles. The zero-order valence-electron chi connectivity index (χ0n) is 16.0. The maximum Gasteiger partial charge on any atom is 0.270 e. The Bertz CT molecular complexity index is 1210. The molecule has 4 aromatic rings. The van der Waals surface area contributed by atoms with Crippen LogP contribution in [0.15, 0.2) is 51.3 Å². The van der Waals surface area contributed by atoms with Crippen molar-refractivity contribution in [3.8, 4) is 11.4 Å². The van der Waals surface area contributed by atoms with Crippen molar-refractivity contribution < 1.29 is 9.45 Å². The molecule has 1 N–H and O–H groups in total. The molecule has 0 amide bonds. The summed E-state index contributed by atoms with van der Waals surface area (Å²) < 4.78 is 6.02. The Morgan fingerprint density at radius 1 is 1.20 bits per heavy atom. The summed E-state index contributed by atoms with van der Waals surface area (Å²) in [6, 6.07) is 12.2. The van der Waals surface area contributed by atoms with E-state index in [1.165, 1.54) is 46.4 Å². The highest BCUT2D eigenvalue weighted by atomic mass is 32.2. The van der Waals surface area contributed by atoms with Crippen molar-refractivity contribution in [1.82, 2.24) is 20.3 Å². The average molecular weight is 441 g/mol. The van der Waals surface area contributed by atoms with Gasteiger partial charge in [-0.3, -0.25) is 10.1 Å². The smallest absolute Gasteiger partial charge is 0.270 e. The quantitative estimate of drug-likeness (QED) is 0.236. The third-order valence-corrected chi connectivity index (χ3v) is 6.31. The highest BCUT2D eigenvalue weighted by molar-refractivity contribution is 8.00. The van der Waals surface area contributed by atoms with Crippen LogP contribution < -0.4 is 5.32 Å². The lowest BCUT2D eigenvalue weighted by Gasteiger charge is -2.08. The van der Waals surface area contributed by atoms with Gasteiger partial charge in [0.2, 0.25) is 16.8 Å².